The second-order valence-electron chi connectivity index (χ2n) is 7.85. The molecule has 0 radical (unpaired) electrons. The standard InChI is InChI=1S/C25H21Cl2N3O3S/c1-13(2)15-6-9-21-20(10-15)29-24(33-21)14-4-7-17(8-5-14)28-25(34)30-23(31)18-11-16(26)12-19(27)22(18)32-3/h4-13H,1-3H3,(H2,28,30,31,34). The van der Waals surface area contributed by atoms with Crippen LogP contribution in [0, 0.1) is 0 Å². The third-order valence-electron chi connectivity index (χ3n) is 5.15. The van der Waals surface area contributed by atoms with Crippen LogP contribution in [0.2, 0.25) is 10.0 Å². The van der Waals surface area contributed by atoms with E-state index in [9.17, 15) is 4.79 Å². The van der Waals surface area contributed by atoms with Gasteiger partial charge >= 0.3 is 0 Å². The fraction of sp³-hybridized carbons (Fsp3) is 0.160. The van der Waals surface area contributed by atoms with Crippen molar-refractivity contribution in [1.82, 2.24) is 10.3 Å². The Morgan fingerprint density at radius 1 is 1.09 bits per heavy atom. The van der Waals surface area contributed by atoms with Crippen molar-refractivity contribution < 1.29 is 13.9 Å². The van der Waals surface area contributed by atoms with Crippen LogP contribution in [0.25, 0.3) is 22.6 Å². The quantitative estimate of drug-likeness (QED) is 0.278. The second kappa shape index (κ2) is 10.0. The minimum Gasteiger partial charge on any atom is -0.494 e. The number of benzene rings is 3. The molecule has 9 heteroatoms. The van der Waals surface area contributed by atoms with Gasteiger partial charge in [0, 0.05) is 16.3 Å². The first kappa shape index (κ1) is 24.0. The number of hydrogen-bond donors (Lipinski definition) is 2. The van der Waals surface area contributed by atoms with E-state index in [1.54, 1.807) is 0 Å². The summed E-state index contributed by atoms with van der Waals surface area (Å²) in [5.74, 6) is 0.664. The van der Waals surface area contributed by atoms with Crippen LogP contribution < -0.4 is 15.4 Å². The highest BCUT2D eigenvalue weighted by atomic mass is 35.5. The van der Waals surface area contributed by atoms with Gasteiger partial charge in [0.2, 0.25) is 5.89 Å². The molecule has 34 heavy (non-hydrogen) atoms. The molecule has 2 N–H and O–H groups in total. The number of hydrogen-bond acceptors (Lipinski definition) is 5. The number of anilines is 1. The van der Waals surface area contributed by atoms with Gasteiger partial charge in [-0.1, -0.05) is 43.1 Å². The topological polar surface area (TPSA) is 76.4 Å². The Morgan fingerprint density at radius 3 is 2.50 bits per heavy atom. The molecule has 1 amide bonds. The van der Waals surface area contributed by atoms with E-state index in [4.69, 9.17) is 44.6 Å². The first-order valence-corrected chi connectivity index (χ1v) is 11.6. The predicted molar refractivity (Wildman–Crippen MR) is 140 cm³/mol. The van der Waals surface area contributed by atoms with Crippen LogP contribution in [0.15, 0.2) is 59.0 Å². The summed E-state index contributed by atoms with van der Waals surface area (Å²) in [5.41, 5.74) is 4.45. The number of nitrogens with zero attached hydrogens (tertiary/aromatic N) is 1. The Kier molecular flexibility index (Phi) is 7.07. The van der Waals surface area contributed by atoms with Crippen molar-refractivity contribution in [2.24, 2.45) is 0 Å². The van der Waals surface area contributed by atoms with Crippen molar-refractivity contribution in [3.63, 3.8) is 0 Å². The molecule has 1 heterocycles. The van der Waals surface area contributed by atoms with Crippen LogP contribution in [0.3, 0.4) is 0 Å². The highest BCUT2D eigenvalue weighted by Crippen LogP contribution is 2.32. The maximum absolute atomic E-state index is 12.7. The minimum atomic E-state index is -0.498. The molecule has 0 aliphatic rings. The lowest BCUT2D eigenvalue weighted by atomic mass is 10.0. The Bertz CT molecular complexity index is 1380. The van der Waals surface area contributed by atoms with Crippen LogP contribution >= 0.6 is 35.4 Å². The number of fused-ring (bicyclic) bond motifs is 1. The number of ether oxygens (including phenoxy) is 1. The van der Waals surface area contributed by atoms with Gasteiger partial charge in [-0.2, -0.15) is 0 Å². The van der Waals surface area contributed by atoms with Gasteiger partial charge in [-0.05, 0) is 72.2 Å². The van der Waals surface area contributed by atoms with Crippen LogP contribution in [0.4, 0.5) is 5.69 Å². The number of carbonyl (C=O) groups is 1. The molecule has 0 saturated heterocycles. The fourth-order valence-electron chi connectivity index (χ4n) is 3.39. The number of carbonyl (C=O) groups excluding carboxylic acids is 1. The normalized spacial score (nSPS) is 11.0. The van der Waals surface area contributed by atoms with Gasteiger partial charge in [-0.15, -0.1) is 0 Å². The number of aromatic nitrogens is 1. The lowest BCUT2D eigenvalue weighted by Crippen LogP contribution is -2.34. The SMILES string of the molecule is COc1c(Cl)cc(Cl)cc1C(=O)NC(=S)Nc1ccc(-c2nc3cc(C(C)C)ccc3o2)cc1. The maximum Gasteiger partial charge on any atom is 0.261 e. The zero-order chi connectivity index (χ0) is 24.4. The van der Waals surface area contributed by atoms with E-state index >= 15 is 0 Å². The second-order valence-corrected chi connectivity index (χ2v) is 9.11. The molecule has 174 valence electrons. The van der Waals surface area contributed by atoms with Crippen molar-refractivity contribution in [2.45, 2.75) is 19.8 Å². The third kappa shape index (κ3) is 5.17. The fourth-order valence-corrected chi connectivity index (χ4v) is 4.17. The van der Waals surface area contributed by atoms with Gasteiger partial charge in [0.05, 0.1) is 17.7 Å². The average molecular weight is 514 g/mol. The number of rotatable bonds is 5. The Balaban J connectivity index is 1.45. The van der Waals surface area contributed by atoms with Gasteiger partial charge < -0.3 is 14.5 Å². The monoisotopic (exact) mass is 513 g/mol. The van der Waals surface area contributed by atoms with Crippen LogP contribution in [-0.2, 0) is 0 Å². The molecule has 6 nitrogen and oxygen atoms in total. The van der Waals surface area contributed by atoms with E-state index in [0.717, 1.165) is 16.7 Å². The zero-order valence-corrected chi connectivity index (χ0v) is 20.9. The zero-order valence-electron chi connectivity index (χ0n) is 18.6. The summed E-state index contributed by atoms with van der Waals surface area (Å²) in [6.45, 7) is 4.28. The van der Waals surface area contributed by atoms with E-state index in [2.05, 4.69) is 35.5 Å². The Hall–Kier alpha value is -3.13. The minimum absolute atomic E-state index is 0.110. The Labute approximate surface area is 212 Å². The summed E-state index contributed by atoms with van der Waals surface area (Å²) in [4.78, 5) is 17.3. The smallest absolute Gasteiger partial charge is 0.261 e. The van der Waals surface area contributed by atoms with Gasteiger partial charge in [-0.3, -0.25) is 10.1 Å². The highest BCUT2D eigenvalue weighted by Gasteiger charge is 2.18. The van der Waals surface area contributed by atoms with Crippen LogP contribution in [0.1, 0.15) is 35.7 Å². The predicted octanol–water partition coefficient (Wildman–Crippen LogP) is 7.06. The summed E-state index contributed by atoms with van der Waals surface area (Å²) in [7, 11) is 1.42. The molecule has 3 aromatic carbocycles. The molecule has 4 aromatic rings. The number of amides is 1. The molecule has 0 aliphatic heterocycles. The van der Waals surface area contributed by atoms with Gasteiger partial charge in [0.15, 0.2) is 10.7 Å². The summed E-state index contributed by atoms with van der Waals surface area (Å²) < 4.78 is 11.1. The number of nitrogens with one attached hydrogen (secondary N) is 2. The lowest BCUT2D eigenvalue weighted by molar-refractivity contribution is 0.0974. The van der Waals surface area contributed by atoms with Gasteiger partial charge in [-0.25, -0.2) is 4.98 Å². The van der Waals surface area contributed by atoms with E-state index in [-0.39, 0.29) is 21.4 Å². The van der Waals surface area contributed by atoms with Crippen molar-refractivity contribution in [3.8, 4) is 17.2 Å². The molecule has 4 rings (SSSR count). The first-order valence-electron chi connectivity index (χ1n) is 10.4. The summed E-state index contributed by atoms with van der Waals surface area (Å²) in [6, 6.07) is 16.4. The average Bonchev–Trinajstić information content (AvgIpc) is 3.22. The lowest BCUT2D eigenvalue weighted by Gasteiger charge is -2.13. The van der Waals surface area contributed by atoms with Crippen LogP contribution in [-0.4, -0.2) is 23.1 Å². The van der Waals surface area contributed by atoms with Crippen molar-refractivity contribution in [1.29, 1.82) is 0 Å². The molecule has 0 unspecified atom stereocenters. The number of thiocarbonyl (C=S) groups is 1. The maximum atomic E-state index is 12.7. The molecular weight excluding hydrogens is 493 g/mol. The molecule has 0 spiro atoms. The van der Waals surface area contributed by atoms with E-state index < -0.39 is 5.91 Å². The summed E-state index contributed by atoms with van der Waals surface area (Å²) in [5, 5.41) is 6.23. The molecule has 0 bridgehead atoms. The molecule has 0 atom stereocenters. The van der Waals surface area contributed by atoms with Crippen molar-refractivity contribution >= 4 is 63.2 Å². The largest absolute Gasteiger partial charge is 0.494 e. The van der Waals surface area contributed by atoms with Gasteiger partial charge in [0.25, 0.3) is 5.91 Å². The van der Waals surface area contributed by atoms with Crippen LogP contribution in [0.5, 0.6) is 5.75 Å². The van der Waals surface area contributed by atoms with E-state index in [1.807, 2.05) is 36.4 Å². The molecular formula is C25H21Cl2N3O3S. The van der Waals surface area contributed by atoms with E-state index in [1.165, 1.54) is 24.8 Å². The van der Waals surface area contributed by atoms with Gasteiger partial charge in [0.1, 0.15) is 11.3 Å². The molecule has 1 aromatic heterocycles. The number of methoxy groups -OCH3 is 1. The van der Waals surface area contributed by atoms with Crippen molar-refractivity contribution in [2.75, 3.05) is 12.4 Å². The first-order chi connectivity index (χ1) is 16.2. The number of halogens is 2. The Morgan fingerprint density at radius 2 is 1.82 bits per heavy atom. The summed E-state index contributed by atoms with van der Waals surface area (Å²) in [6.07, 6.45) is 0. The van der Waals surface area contributed by atoms with E-state index in [0.29, 0.717) is 22.5 Å². The molecule has 0 fully saturated rings. The molecule has 0 saturated carbocycles. The highest BCUT2D eigenvalue weighted by molar-refractivity contribution is 7.80. The molecule has 0 aliphatic carbocycles. The summed E-state index contributed by atoms with van der Waals surface area (Å²) >= 11 is 17.4. The third-order valence-corrected chi connectivity index (χ3v) is 5.86. The number of oxazole rings is 1. The van der Waals surface area contributed by atoms with Crippen molar-refractivity contribution in [3.05, 3.63) is 75.8 Å².